The number of furan rings is 1. The zero-order valence-corrected chi connectivity index (χ0v) is 10.3. The van der Waals surface area contributed by atoms with E-state index in [0.717, 1.165) is 28.2 Å². The van der Waals surface area contributed by atoms with Crippen molar-refractivity contribution < 1.29 is 4.42 Å². The van der Waals surface area contributed by atoms with Gasteiger partial charge in [0.15, 0.2) is 0 Å². The molecule has 1 aromatic heterocycles. The third-order valence-corrected chi connectivity index (χ3v) is 2.82. The van der Waals surface area contributed by atoms with E-state index in [1.807, 2.05) is 24.3 Å². The lowest BCUT2D eigenvalue weighted by Crippen LogP contribution is -2.11. The summed E-state index contributed by atoms with van der Waals surface area (Å²) < 4.78 is 5.70. The molecule has 0 fully saturated rings. The normalized spacial score (nSPS) is 13.6. The van der Waals surface area contributed by atoms with E-state index in [-0.39, 0.29) is 6.04 Å². The highest BCUT2D eigenvalue weighted by molar-refractivity contribution is 6.31. The minimum absolute atomic E-state index is 0.0359. The smallest absolute Gasteiger partial charge is 0.134 e. The highest BCUT2D eigenvalue weighted by Crippen LogP contribution is 2.27. The molecule has 0 unspecified atom stereocenters. The zero-order valence-electron chi connectivity index (χ0n) is 9.53. The number of fused-ring (bicyclic) bond motifs is 1. The summed E-state index contributed by atoms with van der Waals surface area (Å²) in [5.74, 6) is 1.40. The Labute approximate surface area is 100 Å². The maximum Gasteiger partial charge on any atom is 0.134 e. The predicted octanol–water partition coefficient (Wildman–Crippen LogP) is 4.13. The molecule has 0 amide bonds. The van der Waals surface area contributed by atoms with Gasteiger partial charge in [-0.15, -0.1) is 0 Å². The number of hydrogen-bond acceptors (Lipinski definition) is 2. The minimum atomic E-state index is -0.0359. The van der Waals surface area contributed by atoms with Gasteiger partial charge >= 0.3 is 0 Å². The van der Waals surface area contributed by atoms with Gasteiger partial charge in [0.2, 0.25) is 0 Å². The van der Waals surface area contributed by atoms with Crippen molar-refractivity contribution in [1.82, 2.24) is 0 Å². The lowest BCUT2D eigenvalue weighted by molar-refractivity contribution is 0.431. The van der Waals surface area contributed by atoms with E-state index >= 15 is 0 Å². The molecule has 2 nitrogen and oxygen atoms in total. The number of benzene rings is 1. The lowest BCUT2D eigenvalue weighted by Gasteiger charge is -2.10. The van der Waals surface area contributed by atoms with E-state index in [9.17, 15) is 0 Å². The largest absolute Gasteiger partial charge is 0.459 e. The van der Waals surface area contributed by atoms with E-state index < -0.39 is 0 Å². The first kappa shape index (κ1) is 11.5. The Morgan fingerprint density at radius 1 is 1.31 bits per heavy atom. The van der Waals surface area contributed by atoms with Gasteiger partial charge in [-0.05, 0) is 36.6 Å². The molecule has 2 rings (SSSR count). The van der Waals surface area contributed by atoms with Gasteiger partial charge in [-0.25, -0.2) is 0 Å². The molecular weight excluding hydrogens is 222 g/mol. The lowest BCUT2D eigenvalue weighted by atomic mass is 10.0. The van der Waals surface area contributed by atoms with E-state index in [0.29, 0.717) is 5.92 Å². The molecule has 0 aliphatic rings. The molecule has 1 heterocycles. The SMILES string of the molecule is CC(C)C[C@@H](N)c1cc2cc(Cl)ccc2o1. The molecule has 0 spiro atoms. The summed E-state index contributed by atoms with van der Waals surface area (Å²) in [6.45, 7) is 4.30. The summed E-state index contributed by atoms with van der Waals surface area (Å²) in [4.78, 5) is 0. The first-order chi connectivity index (χ1) is 7.56. The fourth-order valence-corrected chi connectivity index (χ4v) is 2.02. The number of nitrogens with two attached hydrogens (primary N) is 1. The molecule has 86 valence electrons. The standard InChI is InChI=1S/C13H16ClNO/c1-8(2)5-11(15)13-7-9-6-10(14)3-4-12(9)16-13/h3-4,6-8,11H,5,15H2,1-2H3/t11-/m1/s1. The molecule has 0 aliphatic heterocycles. The van der Waals surface area contributed by atoms with Gasteiger partial charge in [-0.2, -0.15) is 0 Å². The molecular formula is C13H16ClNO. The average Bonchev–Trinajstić information content (AvgIpc) is 2.59. The Morgan fingerprint density at radius 3 is 2.75 bits per heavy atom. The molecule has 0 aliphatic carbocycles. The first-order valence-electron chi connectivity index (χ1n) is 5.51. The van der Waals surface area contributed by atoms with Crippen LogP contribution in [-0.2, 0) is 0 Å². The Morgan fingerprint density at radius 2 is 2.06 bits per heavy atom. The average molecular weight is 238 g/mol. The monoisotopic (exact) mass is 237 g/mol. The van der Waals surface area contributed by atoms with Crippen LogP contribution in [-0.4, -0.2) is 0 Å². The van der Waals surface area contributed by atoms with Gasteiger partial charge < -0.3 is 10.2 Å². The van der Waals surface area contributed by atoms with E-state index in [1.54, 1.807) is 0 Å². The highest BCUT2D eigenvalue weighted by Gasteiger charge is 2.13. The van der Waals surface area contributed by atoms with Crippen LogP contribution in [0.5, 0.6) is 0 Å². The van der Waals surface area contributed by atoms with Crippen molar-refractivity contribution in [1.29, 1.82) is 0 Å². The Bertz CT molecular complexity index is 490. The zero-order chi connectivity index (χ0) is 11.7. The maximum atomic E-state index is 6.07. The quantitative estimate of drug-likeness (QED) is 0.872. The Hall–Kier alpha value is -0.990. The highest BCUT2D eigenvalue weighted by atomic mass is 35.5. The van der Waals surface area contributed by atoms with Crippen molar-refractivity contribution >= 4 is 22.6 Å². The molecule has 3 heteroatoms. The molecule has 2 aromatic rings. The molecule has 0 saturated carbocycles. The fraction of sp³-hybridized carbons (Fsp3) is 0.385. The Kier molecular flexibility index (Phi) is 3.22. The number of hydrogen-bond donors (Lipinski definition) is 1. The summed E-state index contributed by atoms with van der Waals surface area (Å²) in [6, 6.07) is 7.54. The summed E-state index contributed by atoms with van der Waals surface area (Å²) in [7, 11) is 0. The summed E-state index contributed by atoms with van der Waals surface area (Å²) in [6.07, 6.45) is 0.924. The van der Waals surface area contributed by atoms with E-state index in [1.165, 1.54) is 0 Å². The van der Waals surface area contributed by atoms with Crippen molar-refractivity contribution in [2.24, 2.45) is 11.7 Å². The second-order valence-corrected chi connectivity index (χ2v) is 5.00. The van der Waals surface area contributed by atoms with Crippen LogP contribution >= 0.6 is 11.6 Å². The third-order valence-electron chi connectivity index (χ3n) is 2.59. The van der Waals surface area contributed by atoms with Crippen LogP contribution in [0, 0.1) is 5.92 Å². The number of halogens is 1. The second-order valence-electron chi connectivity index (χ2n) is 4.57. The summed E-state index contributed by atoms with van der Waals surface area (Å²) in [5, 5.41) is 1.74. The molecule has 0 bridgehead atoms. The minimum Gasteiger partial charge on any atom is -0.459 e. The molecule has 1 aromatic carbocycles. The van der Waals surface area contributed by atoms with Gasteiger partial charge in [0, 0.05) is 10.4 Å². The predicted molar refractivity (Wildman–Crippen MR) is 67.6 cm³/mol. The van der Waals surface area contributed by atoms with Crippen LogP contribution in [0.1, 0.15) is 32.1 Å². The van der Waals surface area contributed by atoms with Gasteiger partial charge in [-0.1, -0.05) is 25.4 Å². The van der Waals surface area contributed by atoms with Crippen LogP contribution in [0.25, 0.3) is 11.0 Å². The summed E-state index contributed by atoms with van der Waals surface area (Å²) in [5.41, 5.74) is 6.92. The maximum absolute atomic E-state index is 6.07. The van der Waals surface area contributed by atoms with Crippen molar-refractivity contribution in [2.45, 2.75) is 26.3 Å². The van der Waals surface area contributed by atoms with Crippen LogP contribution < -0.4 is 5.73 Å². The first-order valence-corrected chi connectivity index (χ1v) is 5.88. The molecule has 0 saturated heterocycles. The molecule has 0 radical (unpaired) electrons. The molecule has 2 N–H and O–H groups in total. The van der Waals surface area contributed by atoms with E-state index in [4.69, 9.17) is 21.8 Å². The Balaban J connectivity index is 2.32. The van der Waals surface area contributed by atoms with Crippen molar-refractivity contribution in [3.05, 3.63) is 35.0 Å². The third kappa shape index (κ3) is 2.39. The van der Waals surface area contributed by atoms with Crippen LogP contribution in [0.2, 0.25) is 5.02 Å². The topological polar surface area (TPSA) is 39.2 Å². The van der Waals surface area contributed by atoms with Crippen LogP contribution in [0.4, 0.5) is 0 Å². The van der Waals surface area contributed by atoms with Crippen molar-refractivity contribution in [2.75, 3.05) is 0 Å². The van der Waals surface area contributed by atoms with Gasteiger partial charge in [0.1, 0.15) is 11.3 Å². The van der Waals surface area contributed by atoms with Crippen molar-refractivity contribution in [3.8, 4) is 0 Å². The van der Waals surface area contributed by atoms with Gasteiger partial charge in [-0.3, -0.25) is 0 Å². The molecule has 16 heavy (non-hydrogen) atoms. The van der Waals surface area contributed by atoms with E-state index in [2.05, 4.69) is 13.8 Å². The van der Waals surface area contributed by atoms with Gasteiger partial charge in [0.05, 0.1) is 6.04 Å². The summed E-state index contributed by atoms with van der Waals surface area (Å²) >= 11 is 5.92. The van der Waals surface area contributed by atoms with Gasteiger partial charge in [0.25, 0.3) is 0 Å². The molecule has 1 atom stereocenters. The van der Waals surface area contributed by atoms with Crippen LogP contribution in [0.3, 0.4) is 0 Å². The second kappa shape index (κ2) is 4.48. The fourth-order valence-electron chi connectivity index (χ4n) is 1.84. The van der Waals surface area contributed by atoms with Crippen LogP contribution in [0.15, 0.2) is 28.7 Å². The number of rotatable bonds is 3. The van der Waals surface area contributed by atoms with Crippen molar-refractivity contribution in [3.63, 3.8) is 0 Å².